The van der Waals surface area contributed by atoms with Gasteiger partial charge in [0.25, 0.3) is 5.56 Å². The van der Waals surface area contributed by atoms with E-state index in [-0.39, 0.29) is 11.5 Å². The fourth-order valence-electron chi connectivity index (χ4n) is 4.27. The Balaban J connectivity index is 1.15. The molecule has 0 radical (unpaired) electrons. The monoisotopic (exact) mass is 449 g/mol. The number of amides is 1. The van der Waals surface area contributed by atoms with Crippen LogP contribution in [0.4, 0.5) is 0 Å². The van der Waals surface area contributed by atoms with E-state index in [2.05, 4.69) is 32.0 Å². The van der Waals surface area contributed by atoms with Crippen molar-refractivity contribution in [3.63, 3.8) is 0 Å². The predicted molar refractivity (Wildman–Crippen MR) is 125 cm³/mol. The topological polar surface area (TPSA) is 81.3 Å². The van der Waals surface area contributed by atoms with Crippen LogP contribution in [-0.2, 0) is 23.4 Å². The van der Waals surface area contributed by atoms with Gasteiger partial charge in [-0.3, -0.25) is 9.59 Å². The Morgan fingerprint density at radius 1 is 1.23 bits per heavy atom. The van der Waals surface area contributed by atoms with E-state index in [0.29, 0.717) is 17.3 Å². The number of likely N-dealkylation sites (N-methyl/N-ethyl adjacent to an activating group) is 1. The molecule has 1 aliphatic carbocycles. The molecule has 30 heavy (non-hydrogen) atoms. The molecule has 7 nitrogen and oxygen atoms in total. The van der Waals surface area contributed by atoms with E-state index in [1.54, 1.807) is 11.3 Å². The summed E-state index contributed by atoms with van der Waals surface area (Å²) in [4.78, 5) is 39.2. The minimum Gasteiger partial charge on any atom is -0.355 e. The molecule has 0 aromatic carbocycles. The highest BCUT2D eigenvalue weighted by atomic mass is 32.2. The molecule has 1 saturated heterocycles. The summed E-state index contributed by atoms with van der Waals surface area (Å²) in [6.45, 7) is 9.65. The van der Waals surface area contributed by atoms with E-state index >= 15 is 0 Å². The molecule has 3 heterocycles. The number of carbonyl (C=O) groups excluding carboxylic acids is 1. The molecule has 4 rings (SSSR count). The van der Waals surface area contributed by atoms with Crippen molar-refractivity contribution in [1.82, 2.24) is 25.1 Å². The highest BCUT2D eigenvalue weighted by molar-refractivity contribution is 7.99. The molecule has 1 amide bonds. The Morgan fingerprint density at radius 2 is 2.03 bits per heavy atom. The first kappa shape index (κ1) is 21.8. The van der Waals surface area contributed by atoms with Crippen LogP contribution < -0.4 is 10.9 Å². The minimum atomic E-state index is -0.0285. The average molecular weight is 450 g/mol. The lowest BCUT2D eigenvalue weighted by molar-refractivity contribution is -0.118. The largest absolute Gasteiger partial charge is 0.355 e. The fourth-order valence-corrected chi connectivity index (χ4v) is 6.27. The van der Waals surface area contributed by atoms with E-state index in [1.807, 2.05) is 0 Å². The number of piperazine rings is 1. The lowest BCUT2D eigenvalue weighted by atomic mass is 10.2. The Labute approximate surface area is 185 Å². The third kappa shape index (κ3) is 5.25. The molecule has 2 aromatic heterocycles. The molecular weight excluding hydrogens is 418 g/mol. The van der Waals surface area contributed by atoms with Crippen molar-refractivity contribution in [2.75, 3.05) is 51.6 Å². The Bertz CT molecular complexity index is 933. The van der Waals surface area contributed by atoms with Gasteiger partial charge >= 0.3 is 0 Å². The number of carbonyl (C=O) groups is 1. The normalized spacial score (nSPS) is 17.5. The van der Waals surface area contributed by atoms with Crippen LogP contribution in [0, 0.1) is 0 Å². The maximum absolute atomic E-state index is 12.5. The van der Waals surface area contributed by atoms with Crippen LogP contribution in [0.3, 0.4) is 0 Å². The summed E-state index contributed by atoms with van der Waals surface area (Å²) in [5, 5.41) is 3.80. The molecule has 0 spiro atoms. The highest BCUT2D eigenvalue weighted by Gasteiger charge is 2.21. The number of fused-ring (bicyclic) bond motifs is 3. The van der Waals surface area contributed by atoms with E-state index in [1.165, 1.54) is 22.2 Å². The lowest BCUT2D eigenvalue weighted by Gasteiger charge is -2.33. The first-order chi connectivity index (χ1) is 14.6. The Morgan fingerprint density at radius 3 is 2.83 bits per heavy atom. The van der Waals surface area contributed by atoms with Gasteiger partial charge in [0, 0.05) is 37.6 Å². The smallest absolute Gasteiger partial charge is 0.259 e. The predicted octanol–water partition coefficient (Wildman–Crippen LogP) is 1.85. The van der Waals surface area contributed by atoms with Crippen LogP contribution in [-0.4, -0.2) is 77.2 Å². The summed E-state index contributed by atoms with van der Waals surface area (Å²) in [6, 6.07) is 0. The van der Waals surface area contributed by atoms with Crippen molar-refractivity contribution < 1.29 is 4.79 Å². The van der Waals surface area contributed by atoms with Crippen molar-refractivity contribution >= 4 is 39.2 Å². The molecule has 0 bridgehead atoms. The second kappa shape index (κ2) is 10.3. The molecule has 0 atom stereocenters. The van der Waals surface area contributed by atoms with Crippen molar-refractivity contribution in [2.24, 2.45) is 0 Å². The van der Waals surface area contributed by atoms with Crippen molar-refractivity contribution in [1.29, 1.82) is 0 Å². The molecule has 1 aliphatic heterocycles. The number of rotatable bonds is 9. The van der Waals surface area contributed by atoms with Crippen LogP contribution in [0.1, 0.15) is 36.0 Å². The molecule has 2 aliphatic rings. The molecule has 164 valence electrons. The third-order valence-electron chi connectivity index (χ3n) is 5.98. The first-order valence-corrected chi connectivity index (χ1v) is 12.9. The number of nitrogens with one attached hydrogen (secondary N) is 2. The SMILES string of the molecule is CCN1CCN(CCCNC(=O)CSCc2nc3sc4c(c3c(=O)[nH]2)CCC4)CC1. The van der Waals surface area contributed by atoms with E-state index in [4.69, 9.17) is 0 Å². The summed E-state index contributed by atoms with van der Waals surface area (Å²) in [7, 11) is 0. The molecule has 1 fully saturated rings. The van der Waals surface area contributed by atoms with Gasteiger partial charge in [-0.2, -0.15) is 0 Å². The van der Waals surface area contributed by atoms with E-state index in [9.17, 15) is 9.59 Å². The summed E-state index contributed by atoms with van der Waals surface area (Å²) < 4.78 is 0. The first-order valence-electron chi connectivity index (χ1n) is 11.0. The van der Waals surface area contributed by atoms with Crippen molar-refractivity contribution in [3.8, 4) is 0 Å². The summed E-state index contributed by atoms with van der Waals surface area (Å²) >= 11 is 3.15. The lowest BCUT2D eigenvalue weighted by Crippen LogP contribution is -2.46. The maximum atomic E-state index is 12.5. The summed E-state index contributed by atoms with van der Waals surface area (Å²) in [5.74, 6) is 1.64. The Hall–Kier alpha value is -1.42. The summed E-state index contributed by atoms with van der Waals surface area (Å²) in [5.41, 5.74) is 1.17. The van der Waals surface area contributed by atoms with Gasteiger partial charge in [-0.05, 0) is 44.3 Å². The quantitative estimate of drug-likeness (QED) is 0.569. The van der Waals surface area contributed by atoms with Gasteiger partial charge < -0.3 is 20.1 Å². The number of aryl methyl sites for hydroxylation is 2. The van der Waals surface area contributed by atoms with E-state index in [0.717, 1.165) is 81.7 Å². The highest BCUT2D eigenvalue weighted by Crippen LogP contribution is 2.34. The number of thioether (sulfide) groups is 1. The standard InChI is InChI=1S/C21H31N5O2S2/c1-2-25-9-11-26(12-10-25)8-4-7-22-18(27)14-29-13-17-23-20(28)19-15-5-3-6-16(15)30-21(19)24-17/h2-14H2,1H3,(H,22,27)(H,23,24,28). The van der Waals surface area contributed by atoms with Crippen LogP contribution in [0.25, 0.3) is 10.2 Å². The summed E-state index contributed by atoms with van der Waals surface area (Å²) in [6.07, 6.45) is 4.17. The van der Waals surface area contributed by atoms with Gasteiger partial charge in [-0.15, -0.1) is 23.1 Å². The zero-order valence-electron chi connectivity index (χ0n) is 17.7. The van der Waals surface area contributed by atoms with Gasteiger partial charge in [0.1, 0.15) is 10.7 Å². The maximum Gasteiger partial charge on any atom is 0.259 e. The van der Waals surface area contributed by atoms with Crippen molar-refractivity contribution in [2.45, 2.75) is 38.4 Å². The molecular formula is C21H31N5O2S2. The molecule has 9 heteroatoms. The van der Waals surface area contributed by atoms with Crippen LogP contribution in [0.2, 0.25) is 0 Å². The third-order valence-corrected chi connectivity index (χ3v) is 8.11. The molecule has 0 unspecified atom stereocenters. The number of thiophene rings is 1. The zero-order valence-corrected chi connectivity index (χ0v) is 19.3. The van der Waals surface area contributed by atoms with Crippen LogP contribution in [0.5, 0.6) is 0 Å². The van der Waals surface area contributed by atoms with Gasteiger partial charge in [-0.25, -0.2) is 4.98 Å². The van der Waals surface area contributed by atoms with Crippen molar-refractivity contribution in [3.05, 3.63) is 26.6 Å². The van der Waals surface area contributed by atoms with E-state index < -0.39 is 0 Å². The Kier molecular flexibility index (Phi) is 7.45. The second-order valence-corrected chi connectivity index (χ2v) is 10.1. The second-order valence-electron chi connectivity index (χ2n) is 8.02. The van der Waals surface area contributed by atoms with Gasteiger partial charge in [0.05, 0.1) is 16.9 Å². The average Bonchev–Trinajstić information content (AvgIpc) is 3.32. The molecule has 0 saturated carbocycles. The number of nitrogens with zero attached hydrogens (tertiary/aromatic N) is 3. The number of hydrogen-bond acceptors (Lipinski definition) is 7. The van der Waals surface area contributed by atoms with Crippen LogP contribution in [0.15, 0.2) is 4.79 Å². The van der Waals surface area contributed by atoms with Gasteiger partial charge in [-0.1, -0.05) is 6.92 Å². The zero-order chi connectivity index (χ0) is 20.9. The van der Waals surface area contributed by atoms with Gasteiger partial charge in [0.2, 0.25) is 5.91 Å². The number of hydrogen-bond donors (Lipinski definition) is 2. The number of H-pyrrole nitrogens is 1. The van der Waals surface area contributed by atoms with Crippen LogP contribution >= 0.6 is 23.1 Å². The minimum absolute atomic E-state index is 0.0285. The van der Waals surface area contributed by atoms with Gasteiger partial charge in [0.15, 0.2) is 0 Å². The number of aromatic amines is 1. The fraction of sp³-hybridized carbons (Fsp3) is 0.667. The number of aromatic nitrogens is 2. The molecule has 2 aromatic rings. The molecule has 2 N–H and O–H groups in total.